The summed E-state index contributed by atoms with van der Waals surface area (Å²) in [6.07, 6.45) is 0. The van der Waals surface area contributed by atoms with E-state index in [-0.39, 0.29) is 33.6 Å². The fourth-order valence-electron chi connectivity index (χ4n) is 1.88. The lowest BCUT2D eigenvalue weighted by Crippen LogP contribution is -2.17. The molecule has 1 N–H and O–H groups in total. The molecule has 9 heteroatoms. The summed E-state index contributed by atoms with van der Waals surface area (Å²) in [4.78, 5) is 27.9. The number of thiazole rings is 1. The van der Waals surface area contributed by atoms with Crippen molar-refractivity contribution in [1.82, 2.24) is 4.98 Å². The van der Waals surface area contributed by atoms with Crippen LogP contribution in [-0.4, -0.2) is 37.6 Å². The first-order valence-corrected chi connectivity index (χ1v) is 9.68. The number of benzene rings is 1. The fourth-order valence-corrected chi connectivity index (χ4v) is 3.64. The van der Waals surface area contributed by atoms with Crippen molar-refractivity contribution in [2.75, 3.05) is 17.7 Å². The summed E-state index contributed by atoms with van der Waals surface area (Å²) >= 11 is 1.05. The number of rotatable bonds is 6. The van der Waals surface area contributed by atoms with Gasteiger partial charge in [-0.2, -0.15) is 0 Å². The Kier molecular flexibility index (Phi) is 5.68. The van der Waals surface area contributed by atoms with Gasteiger partial charge in [-0.3, -0.25) is 10.1 Å². The molecular weight excluding hydrogens is 352 g/mol. The Morgan fingerprint density at radius 1 is 1.25 bits per heavy atom. The highest BCUT2D eigenvalue weighted by Gasteiger charge is 2.21. The molecule has 0 bridgehead atoms. The van der Waals surface area contributed by atoms with Gasteiger partial charge >= 0.3 is 5.97 Å². The molecule has 0 aliphatic carbocycles. The highest BCUT2D eigenvalue weighted by Crippen LogP contribution is 2.21. The zero-order valence-electron chi connectivity index (χ0n) is 13.1. The van der Waals surface area contributed by atoms with Gasteiger partial charge < -0.3 is 4.74 Å². The Morgan fingerprint density at radius 2 is 1.96 bits per heavy atom. The van der Waals surface area contributed by atoms with Gasteiger partial charge in [0.2, 0.25) is 0 Å². The van der Waals surface area contributed by atoms with E-state index in [0.29, 0.717) is 0 Å². The Balaban J connectivity index is 2.24. The van der Waals surface area contributed by atoms with E-state index < -0.39 is 21.7 Å². The number of carbonyl (C=O) groups excluding carboxylic acids is 2. The van der Waals surface area contributed by atoms with E-state index in [0.717, 1.165) is 11.3 Å². The largest absolute Gasteiger partial charge is 0.461 e. The number of esters is 1. The maximum Gasteiger partial charge on any atom is 0.357 e. The van der Waals surface area contributed by atoms with Crippen LogP contribution in [0.2, 0.25) is 0 Å². The number of amides is 1. The van der Waals surface area contributed by atoms with Gasteiger partial charge in [0.25, 0.3) is 5.91 Å². The number of aromatic nitrogens is 1. The SMILES string of the molecule is CCOC(=O)c1csc(NC(=O)c2ccccc2S(=O)(=O)CC)n1. The first-order chi connectivity index (χ1) is 11.4. The molecule has 1 heterocycles. The lowest BCUT2D eigenvalue weighted by atomic mass is 10.2. The number of hydrogen-bond donors (Lipinski definition) is 1. The molecule has 1 amide bonds. The molecule has 1 aromatic carbocycles. The topological polar surface area (TPSA) is 102 Å². The lowest BCUT2D eigenvalue weighted by molar-refractivity contribution is 0.0520. The number of carbonyl (C=O) groups is 2. The van der Waals surface area contributed by atoms with Crippen molar-refractivity contribution in [1.29, 1.82) is 0 Å². The predicted octanol–water partition coefficient (Wildman–Crippen LogP) is 2.37. The minimum Gasteiger partial charge on any atom is -0.461 e. The van der Waals surface area contributed by atoms with Crippen LogP contribution >= 0.6 is 11.3 Å². The molecule has 0 spiro atoms. The highest BCUT2D eigenvalue weighted by atomic mass is 32.2. The van der Waals surface area contributed by atoms with Crippen molar-refractivity contribution in [3.63, 3.8) is 0 Å². The molecular formula is C15H16N2O5S2. The minimum absolute atomic E-state index is 0.0345. The minimum atomic E-state index is -3.53. The third-order valence-electron chi connectivity index (χ3n) is 3.06. The summed E-state index contributed by atoms with van der Waals surface area (Å²) in [6, 6.07) is 5.95. The smallest absolute Gasteiger partial charge is 0.357 e. The Hall–Kier alpha value is -2.26. The summed E-state index contributed by atoms with van der Waals surface area (Å²) in [5.74, 6) is -1.29. The van der Waals surface area contributed by atoms with Crippen molar-refractivity contribution in [2.24, 2.45) is 0 Å². The van der Waals surface area contributed by atoms with Crippen molar-refractivity contribution in [2.45, 2.75) is 18.7 Å². The monoisotopic (exact) mass is 368 g/mol. The van der Waals surface area contributed by atoms with Crippen LogP contribution in [0.1, 0.15) is 34.7 Å². The van der Waals surface area contributed by atoms with Crippen LogP contribution in [0.15, 0.2) is 34.5 Å². The molecule has 7 nitrogen and oxygen atoms in total. The second kappa shape index (κ2) is 7.54. The first-order valence-electron chi connectivity index (χ1n) is 7.14. The van der Waals surface area contributed by atoms with Crippen molar-refractivity contribution in [3.8, 4) is 0 Å². The summed E-state index contributed by atoms with van der Waals surface area (Å²) < 4.78 is 29.0. The molecule has 0 radical (unpaired) electrons. The maximum atomic E-state index is 12.4. The zero-order valence-corrected chi connectivity index (χ0v) is 14.7. The predicted molar refractivity (Wildman–Crippen MR) is 90.2 cm³/mol. The Morgan fingerprint density at radius 3 is 2.62 bits per heavy atom. The van der Waals surface area contributed by atoms with Gasteiger partial charge in [0.05, 0.1) is 22.8 Å². The van der Waals surface area contributed by atoms with Crippen LogP contribution < -0.4 is 5.32 Å². The summed E-state index contributed by atoms with van der Waals surface area (Å²) in [5.41, 5.74) is 0.124. The maximum absolute atomic E-state index is 12.4. The normalized spacial score (nSPS) is 11.1. The number of ether oxygens (including phenoxy) is 1. The van der Waals surface area contributed by atoms with Gasteiger partial charge in [0.1, 0.15) is 0 Å². The molecule has 0 saturated carbocycles. The van der Waals surface area contributed by atoms with Gasteiger partial charge in [-0.15, -0.1) is 11.3 Å². The summed E-state index contributed by atoms with van der Waals surface area (Å²) in [7, 11) is -3.53. The molecule has 0 aliphatic heterocycles. The molecule has 0 fully saturated rings. The Bertz CT molecular complexity index is 858. The third-order valence-corrected chi connectivity index (χ3v) is 5.60. The van der Waals surface area contributed by atoms with Crippen LogP contribution in [0.3, 0.4) is 0 Å². The molecule has 2 rings (SSSR count). The molecule has 0 unspecified atom stereocenters. The first kappa shape index (κ1) is 18.1. The average molecular weight is 368 g/mol. The second-order valence-electron chi connectivity index (χ2n) is 4.61. The van der Waals surface area contributed by atoms with Crippen molar-refractivity contribution in [3.05, 3.63) is 40.9 Å². The number of sulfone groups is 1. The number of nitrogens with zero attached hydrogens (tertiary/aromatic N) is 1. The van der Waals surface area contributed by atoms with E-state index in [1.54, 1.807) is 19.1 Å². The molecule has 0 atom stereocenters. The van der Waals surface area contributed by atoms with Crippen LogP contribution in [0.25, 0.3) is 0 Å². The molecule has 128 valence electrons. The van der Waals surface area contributed by atoms with Gasteiger partial charge in [0, 0.05) is 5.38 Å². The second-order valence-corrected chi connectivity index (χ2v) is 7.72. The average Bonchev–Trinajstić information content (AvgIpc) is 3.03. The zero-order chi connectivity index (χ0) is 17.7. The van der Waals surface area contributed by atoms with E-state index in [1.165, 1.54) is 24.4 Å². The number of hydrogen-bond acceptors (Lipinski definition) is 7. The summed E-state index contributed by atoms with van der Waals surface area (Å²) in [5, 5.41) is 4.16. The highest BCUT2D eigenvalue weighted by molar-refractivity contribution is 7.91. The van der Waals surface area contributed by atoms with Crippen molar-refractivity contribution < 1.29 is 22.7 Å². The number of nitrogens with one attached hydrogen (secondary N) is 1. The van der Waals surface area contributed by atoms with Crippen LogP contribution in [-0.2, 0) is 14.6 Å². The Labute approximate surface area is 143 Å². The standard InChI is InChI=1S/C15H16N2O5S2/c1-3-22-14(19)11-9-23-15(16-11)17-13(18)10-7-5-6-8-12(10)24(20,21)4-2/h5-9H,3-4H2,1-2H3,(H,16,17,18). The van der Waals surface area contributed by atoms with Gasteiger partial charge in [-0.1, -0.05) is 19.1 Å². The lowest BCUT2D eigenvalue weighted by Gasteiger charge is -2.08. The third kappa shape index (κ3) is 3.98. The van der Waals surface area contributed by atoms with E-state index in [2.05, 4.69) is 10.3 Å². The van der Waals surface area contributed by atoms with Gasteiger partial charge in [-0.05, 0) is 19.1 Å². The molecule has 24 heavy (non-hydrogen) atoms. The van der Waals surface area contributed by atoms with Crippen LogP contribution in [0, 0.1) is 0 Å². The van der Waals surface area contributed by atoms with Crippen LogP contribution in [0.5, 0.6) is 0 Å². The molecule has 1 aromatic heterocycles. The molecule has 0 aliphatic rings. The van der Waals surface area contributed by atoms with E-state index in [4.69, 9.17) is 4.74 Å². The molecule has 0 saturated heterocycles. The molecule has 2 aromatic rings. The van der Waals surface area contributed by atoms with Crippen LogP contribution in [0.4, 0.5) is 5.13 Å². The van der Waals surface area contributed by atoms with Crippen molar-refractivity contribution >= 4 is 38.2 Å². The van der Waals surface area contributed by atoms with E-state index in [9.17, 15) is 18.0 Å². The van der Waals surface area contributed by atoms with Gasteiger partial charge in [0.15, 0.2) is 20.7 Å². The number of anilines is 1. The van der Waals surface area contributed by atoms with Gasteiger partial charge in [-0.25, -0.2) is 18.2 Å². The summed E-state index contributed by atoms with van der Waals surface area (Å²) in [6.45, 7) is 3.41. The van der Waals surface area contributed by atoms with E-state index in [1.807, 2.05) is 0 Å². The fraction of sp³-hybridized carbons (Fsp3) is 0.267. The van der Waals surface area contributed by atoms with E-state index >= 15 is 0 Å². The quantitative estimate of drug-likeness (QED) is 0.785.